The minimum absolute atomic E-state index is 0.229. The summed E-state index contributed by atoms with van der Waals surface area (Å²) in [5.41, 5.74) is 4.16. The van der Waals surface area contributed by atoms with Crippen molar-refractivity contribution < 1.29 is 9.31 Å². The van der Waals surface area contributed by atoms with Gasteiger partial charge in [0.15, 0.2) is 0 Å². The van der Waals surface area contributed by atoms with E-state index >= 15 is 0 Å². The fourth-order valence-corrected chi connectivity index (χ4v) is 4.31. The largest absolute Gasteiger partial charge is 0.494 e. The number of fused-ring (bicyclic) bond motifs is 1. The van der Waals surface area contributed by atoms with Crippen molar-refractivity contribution in [3.63, 3.8) is 0 Å². The molecular formula is C28H36BNO2. The summed E-state index contributed by atoms with van der Waals surface area (Å²) in [7, 11) is -0.327. The molecule has 0 spiro atoms. The summed E-state index contributed by atoms with van der Waals surface area (Å²) < 4.78 is 12.5. The van der Waals surface area contributed by atoms with Gasteiger partial charge in [-0.2, -0.15) is 0 Å². The molecule has 0 aromatic heterocycles. The van der Waals surface area contributed by atoms with Crippen molar-refractivity contribution in [1.82, 2.24) is 0 Å². The lowest BCUT2D eigenvalue weighted by atomic mass is 9.78. The second-order valence-electron chi connectivity index (χ2n) is 10.3. The number of benzene rings is 3. The van der Waals surface area contributed by atoms with Crippen molar-refractivity contribution in [2.24, 2.45) is 5.92 Å². The van der Waals surface area contributed by atoms with Gasteiger partial charge in [0, 0.05) is 5.69 Å². The van der Waals surface area contributed by atoms with Gasteiger partial charge in [-0.1, -0.05) is 68.8 Å². The van der Waals surface area contributed by atoms with Crippen LogP contribution in [0.1, 0.15) is 65.1 Å². The van der Waals surface area contributed by atoms with Crippen molar-refractivity contribution in [2.45, 2.75) is 72.1 Å². The lowest BCUT2D eigenvalue weighted by Crippen LogP contribution is -2.41. The Morgan fingerprint density at radius 1 is 0.875 bits per heavy atom. The third-order valence-corrected chi connectivity index (χ3v) is 7.44. The molecule has 1 fully saturated rings. The highest BCUT2D eigenvalue weighted by atomic mass is 16.7. The molecule has 0 amide bonds. The molecule has 0 aliphatic carbocycles. The molecule has 0 saturated carbocycles. The molecule has 3 aromatic rings. The maximum Gasteiger partial charge on any atom is 0.494 e. The van der Waals surface area contributed by atoms with E-state index in [1.807, 2.05) is 0 Å². The summed E-state index contributed by atoms with van der Waals surface area (Å²) >= 11 is 0. The van der Waals surface area contributed by atoms with Crippen LogP contribution in [0.3, 0.4) is 0 Å². The molecule has 1 aliphatic heterocycles. The number of hydrogen-bond donors (Lipinski definition) is 1. The zero-order valence-corrected chi connectivity index (χ0v) is 20.5. The Balaban J connectivity index is 1.60. The fourth-order valence-electron chi connectivity index (χ4n) is 4.31. The maximum absolute atomic E-state index is 6.23. The minimum atomic E-state index is -0.329. The van der Waals surface area contributed by atoms with Crippen LogP contribution in [0.25, 0.3) is 10.8 Å². The highest BCUT2D eigenvalue weighted by Gasteiger charge is 2.51. The summed E-state index contributed by atoms with van der Waals surface area (Å²) in [6.45, 7) is 15.1. The first-order valence-electron chi connectivity index (χ1n) is 11.8. The van der Waals surface area contributed by atoms with Crippen LogP contribution >= 0.6 is 0 Å². The number of hydrogen-bond acceptors (Lipinski definition) is 3. The van der Waals surface area contributed by atoms with Crippen LogP contribution in [0.2, 0.25) is 0 Å². The van der Waals surface area contributed by atoms with E-state index in [0.717, 1.165) is 11.9 Å². The van der Waals surface area contributed by atoms with Gasteiger partial charge < -0.3 is 14.6 Å². The van der Waals surface area contributed by atoms with Crippen LogP contribution in [0, 0.1) is 12.8 Å². The fraction of sp³-hybridized carbons (Fsp3) is 0.429. The van der Waals surface area contributed by atoms with Crippen molar-refractivity contribution in [1.29, 1.82) is 0 Å². The third-order valence-electron chi connectivity index (χ3n) is 7.44. The van der Waals surface area contributed by atoms with E-state index < -0.39 is 0 Å². The lowest BCUT2D eigenvalue weighted by molar-refractivity contribution is 0.00578. The Morgan fingerprint density at radius 3 is 2.00 bits per heavy atom. The minimum Gasteiger partial charge on any atom is -0.399 e. The van der Waals surface area contributed by atoms with Gasteiger partial charge in [-0.15, -0.1) is 0 Å². The first-order chi connectivity index (χ1) is 15.1. The zero-order chi connectivity index (χ0) is 23.1. The van der Waals surface area contributed by atoms with Crippen LogP contribution in [0.15, 0.2) is 60.7 Å². The zero-order valence-electron chi connectivity index (χ0n) is 20.5. The van der Waals surface area contributed by atoms with Gasteiger partial charge in [-0.05, 0) is 80.0 Å². The molecule has 0 radical (unpaired) electrons. The molecule has 2 atom stereocenters. The average Bonchev–Trinajstić information content (AvgIpc) is 2.98. The SMILES string of the molecule is CCC(C)C(Nc1cc2ccccc2cc1C)c1ccc(B2OC(C)(C)C(C)(C)O2)cc1. The van der Waals surface area contributed by atoms with E-state index in [1.54, 1.807) is 0 Å². The van der Waals surface area contributed by atoms with E-state index in [9.17, 15) is 0 Å². The normalized spacial score (nSPS) is 19.2. The lowest BCUT2D eigenvalue weighted by Gasteiger charge is -2.32. The molecular weight excluding hydrogens is 393 g/mol. The second-order valence-corrected chi connectivity index (χ2v) is 10.3. The first-order valence-corrected chi connectivity index (χ1v) is 11.8. The summed E-state index contributed by atoms with van der Waals surface area (Å²) in [6, 6.07) is 22.1. The Morgan fingerprint density at radius 2 is 1.44 bits per heavy atom. The Bertz CT molecular complexity index is 1070. The Hall–Kier alpha value is -2.30. The molecule has 3 nitrogen and oxygen atoms in total. The molecule has 3 aromatic carbocycles. The summed E-state index contributed by atoms with van der Waals surface area (Å²) in [4.78, 5) is 0. The van der Waals surface area contributed by atoms with Gasteiger partial charge in [0.25, 0.3) is 0 Å². The molecule has 2 unspecified atom stereocenters. The van der Waals surface area contributed by atoms with Gasteiger partial charge in [0.1, 0.15) is 0 Å². The summed E-state index contributed by atoms with van der Waals surface area (Å²) in [6.07, 6.45) is 1.10. The third kappa shape index (κ3) is 4.31. The van der Waals surface area contributed by atoms with Gasteiger partial charge >= 0.3 is 7.12 Å². The van der Waals surface area contributed by atoms with Crippen LogP contribution in [-0.4, -0.2) is 18.3 Å². The molecule has 4 heteroatoms. The number of aryl methyl sites for hydroxylation is 1. The van der Waals surface area contributed by atoms with Crippen LogP contribution in [0.5, 0.6) is 0 Å². The molecule has 4 rings (SSSR count). The molecule has 1 aliphatic rings. The van der Waals surface area contributed by atoms with Gasteiger partial charge in [0.2, 0.25) is 0 Å². The topological polar surface area (TPSA) is 30.5 Å². The van der Waals surface area contributed by atoms with E-state index in [2.05, 4.69) is 114 Å². The van der Waals surface area contributed by atoms with E-state index in [4.69, 9.17) is 9.31 Å². The predicted molar refractivity (Wildman–Crippen MR) is 137 cm³/mol. The van der Waals surface area contributed by atoms with E-state index in [-0.39, 0.29) is 24.4 Å². The molecule has 1 N–H and O–H groups in total. The molecule has 1 heterocycles. The Labute approximate surface area is 193 Å². The van der Waals surface area contributed by atoms with Crippen molar-refractivity contribution >= 4 is 29.0 Å². The molecule has 32 heavy (non-hydrogen) atoms. The first kappa shape index (κ1) is 22.9. The number of rotatable bonds is 6. The molecule has 0 bridgehead atoms. The Kier molecular flexibility index (Phi) is 6.13. The molecule has 168 valence electrons. The van der Waals surface area contributed by atoms with E-state index in [1.165, 1.54) is 27.6 Å². The summed E-state index contributed by atoms with van der Waals surface area (Å²) in [5, 5.41) is 6.40. The highest BCUT2D eigenvalue weighted by molar-refractivity contribution is 6.62. The van der Waals surface area contributed by atoms with Crippen molar-refractivity contribution in [2.75, 3.05) is 5.32 Å². The van der Waals surface area contributed by atoms with Crippen LogP contribution < -0.4 is 10.8 Å². The quantitative estimate of drug-likeness (QED) is 0.445. The van der Waals surface area contributed by atoms with Gasteiger partial charge in [0.05, 0.1) is 17.2 Å². The summed E-state index contributed by atoms with van der Waals surface area (Å²) in [5.74, 6) is 0.489. The van der Waals surface area contributed by atoms with E-state index in [0.29, 0.717) is 5.92 Å². The van der Waals surface area contributed by atoms with Crippen LogP contribution in [-0.2, 0) is 9.31 Å². The van der Waals surface area contributed by atoms with Gasteiger partial charge in [-0.3, -0.25) is 0 Å². The number of anilines is 1. The predicted octanol–water partition coefficient (Wildman–Crippen LogP) is 6.65. The average molecular weight is 429 g/mol. The number of nitrogens with one attached hydrogen (secondary N) is 1. The molecule has 1 saturated heterocycles. The standard InChI is InChI=1S/C28H36BNO2/c1-8-19(2)26(30-25-18-23-12-10-9-11-22(23)17-20(25)3)21-13-15-24(16-14-21)29-31-27(4,5)28(6,7)32-29/h9-19,26,30H,8H2,1-7H3. The monoisotopic (exact) mass is 429 g/mol. The highest BCUT2D eigenvalue weighted by Crippen LogP contribution is 2.37. The van der Waals surface area contributed by atoms with Crippen molar-refractivity contribution in [3.8, 4) is 0 Å². The maximum atomic E-state index is 6.23. The second kappa shape index (κ2) is 8.57. The van der Waals surface area contributed by atoms with Gasteiger partial charge in [-0.25, -0.2) is 0 Å². The smallest absolute Gasteiger partial charge is 0.399 e. The van der Waals surface area contributed by atoms with Crippen LogP contribution in [0.4, 0.5) is 5.69 Å². The van der Waals surface area contributed by atoms with Crippen molar-refractivity contribution in [3.05, 3.63) is 71.8 Å².